The quantitative estimate of drug-likeness (QED) is 0.400. The predicted molar refractivity (Wildman–Crippen MR) is 61.5 cm³/mol. The zero-order valence-corrected chi connectivity index (χ0v) is 10.4. The third kappa shape index (κ3) is 10.2. The van der Waals surface area contributed by atoms with Crippen LogP contribution in [-0.4, -0.2) is 8.07 Å². The summed E-state index contributed by atoms with van der Waals surface area (Å²) in [7, 11) is -0.726. The zero-order chi connectivity index (χ0) is 9.45. The van der Waals surface area contributed by atoms with Crippen LogP contribution in [0.2, 0.25) is 25.7 Å². The topological polar surface area (TPSA) is 0 Å². The summed E-state index contributed by atoms with van der Waals surface area (Å²) >= 11 is 0. The summed E-state index contributed by atoms with van der Waals surface area (Å²) in [5.74, 6) is 0. The monoisotopic (exact) mass is 186 g/mol. The van der Waals surface area contributed by atoms with E-state index in [0.717, 1.165) is 0 Å². The maximum absolute atomic E-state index is 2.47. The van der Waals surface area contributed by atoms with Crippen LogP contribution in [0, 0.1) is 0 Å². The zero-order valence-electron chi connectivity index (χ0n) is 9.45. The molecule has 0 aliphatic rings. The average molecular weight is 186 g/mol. The minimum Gasteiger partial charge on any atom is -0.0695 e. The average Bonchev–Trinajstić information content (AvgIpc) is 1.94. The molecule has 0 aromatic rings. The standard InChI is InChI=1S/C11H26Si/c1-5-6-7-8-9-10-11-12(2,3)4/h5-11H2,1-4H3. The fourth-order valence-corrected chi connectivity index (χ4v) is 2.75. The van der Waals surface area contributed by atoms with Gasteiger partial charge in [0.05, 0.1) is 0 Å². The van der Waals surface area contributed by atoms with Gasteiger partial charge in [0.25, 0.3) is 0 Å². The summed E-state index contributed by atoms with van der Waals surface area (Å²) in [6, 6.07) is 1.53. The Hall–Kier alpha value is 0.217. The normalized spacial score (nSPS) is 12.0. The van der Waals surface area contributed by atoms with Crippen molar-refractivity contribution in [2.75, 3.05) is 0 Å². The van der Waals surface area contributed by atoms with Gasteiger partial charge in [-0.1, -0.05) is 71.1 Å². The van der Waals surface area contributed by atoms with Crippen LogP contribution in [0.15, 0.2) is 0 Å². The molecule has 1 heteroatoms. The molecule has 0 amide bonds. The first kappa shape index (κ1) is 12.2. The number of rotatable bonds is 7. The van der Waals surface area contributed by atoms with E-state index in [4.69, 9.17) is 0 Å². The van der Waals surface area contributed by atoms with Gasteiger partial charge in [0.2, 0.25) is 0 Å². The molecule has 0 rings (SSSR count). The SMILES string of the molecule is CCCCCCCC[Si](C)(C)C. The van der Waals surface area contributed by atoms with E-state index in [-0.39, 0.29) is 0 Å². The molecular weight excluding hydrogens is 160 g/mol. The number of hydrogen-bond donors (Lipinski definition) is 0. The second-order valence-corrected chi connectivity index (χ2v) is 10.7. The lowest BCUT2D eigenvalue weighted by Crippen LogP contribution is -2.18. The summed E-state index contributed by atoms with van der Waals surface area (Å²) in [6.07, 6.45) is 8.70. The van der Waals surface area contributed by atoms with Gasteiger partial charge in [-0.25, -0.2) is 0 Å². The minimum absolute atomic E-state index is 0.726. The van der Waals surface area contributed by atoms with Gasteiger partial charge in [0.1, 0.15) is 0 Å². The van der Waals surface area contributed by atoms with Gasteiger partial charge in [0, 0.05) is 8.07 Å². The van der Waals surface area contributed by atoms with Gasteiger partial charge in [-0.2, -0.15) is 0 Å². The van der Waals surface area contributed by atoms with Crippen LogP contribution in [-0.2, 0) is 0 Å². The molecule has 0 radical (unpaired) electrons. The predicted octanol–water partition coefficient (Wildman–Crippen LogP) is 4.69. The van der Waals surface area contributed by atoms with Gasteiger partial charge in [-0.15, -0.1) is 0 Å². The first-order valence-electron chi connectivity index (χ1n) is 5.56. The maximum atomic E-state index is 2.47. The van der Waals surface area contributed by atoms with Crippen molar-refractivity contribution in [3.63, 3.8) is 0 Å². The van der Waals surface area contributed by atoms with Crippen molar-refractivity contribution in [3.8, 4) is 0 Å². The van der Waals surface area contributed by atoms with Crippen molar-refractivity contribution in [1.29, 1.82) is 0 Å². The van der Waals surface area contributed by atoms with Crippen LogP contribution >= 0.6 is 0 Å². The highest BCUT2D eigenvalue weighted by molar-refractivity contribution is 6.76. The largest absolute Gasteiger partial charge is 0.0695 e. The summed E-state index contributed by atoms with van der Waals surface area (Å²) < 4.78 is 0. The van der Waals surface area contributed by atoms with Crippen LogP contribution in [0.3, 0.4) is 0 Å². The first-order valence-corrected chi connectivity index (χ1v) is 9.27. The van der Waals surface area contributed by atoms with E-state index in [9.17, 15) is 0 Å². The van der Waals surface area contributed by atoms with Crippen LogP contribution in [0.5, 0.6) is 0 Å². The van der Waals surface area contributed by atoms with Gasteiger partial charge in [-0.05, 0) is 0 Å². The Morgan fingerprint density at radius 1 is 0.750 bits per heavy atom. The van der Waals surface area contributed by atoms with Crippen LogP contribution in [0.1, 0.15) is 45.4 Å². The number of unbranched alkanes of at least 4 members (excludes halogenated alkanes) is 5. The van der Waals surface area contributed by atoms with Gasteiger partial charge in [0.15, 0.2) is 0 Å². The highest BCUT2D eigenvalue weighted by Crippen LogP contribution is 2.15. The molecule has 0 spiro atoms. The fourth-order valence-electron chi connectivity index (χ4n) is 1.44. The van der Waals surface area contributed by atoms with E-state index in [1.807, 2.05) is 0 Å². The van der Waals surface area contributed by atoms with Gasteiger partial charge >= 0.3 is 0 Å². The Morgan fingerprint density at radius 2 is 1.25 bits per heavy atom. The fraction of sp³-hybridized carbons (Fsp3) is 1.00. The molecule has 0 N–H and O–H groups in total. The van der Waals surface area contributed by atoms with Crippen LogP contribution in [0.4, 0.5) is 0 Å². The van der Waals surface area contributed by atoms with E-state index in [0.29, 0.717) is 0 Å². The summed E-state index contributed by atoms with van der Waals surface area (Å²) in [5, 5.41) is 0. The molecule has 0 aromatic carbocycles. The third-order valence-electron chi connectivity index (χ3n) is 2.28. The lowest BCUT2D eigenvalue weighted by atomic mass is 10.1. The Kier molecular flexibility index (Phi) is 6.82. The minimum atomic E-state index is -0.726. The Bertz CT molecular complexity index is 91.7. The lowest BCUT2D eigenvalue weighted by molar-refractivity contribution is 0.622. The molecule has 0 unspecified atom stereocenters. The highest BCUT2D eigenvalue weighted by Gasteiger charge is 2.11. The maximum Gasteiger partial charge on any atom is 0.0442 e. The summed E-state index contributed by atoms with van der Waals surface area (Å²) in [5.41, 5.74) is 0. The van der Waals surface area contributed by atoms with Crippen molar-refractivity contribution in [2.45, 2.75) is 71.1 Å². The molecule has 0 saturated heterocycles. The van der Waals surface area contributed by atoms with E-state index in [1.54, 1.807) is 0 Å². The van der Waals surface area contributed by atoms with Crippen molar-refractivity contribution in [3.05, 3.63) is 0 Å². The van der Waals surface area contributed by atoms with E-state index < -0.39 is 8.07 Å². The first-order chi connectivity index (χ1) is 5.56. The molecular formula is C11H26Si. The molecule has 0 saturated carbocycles. The van der Waals surface area contributed by atoms with Gasteiger partial charge in [-0.3, -0.25) is 0 Å². The molecule has 0 atom stereocenters. The Morgan fingerprint density at radius 3 is 1.75 bits per heavy atom. The van der Waals surface area contributed by atoms with Crippen molar-refractivity contribution < 1.29 is 0 Å². The van der Waals surface area contributed by atoms with Gasteiger partial charge < -0.3 is 0 Å². The smallest absolute Gasteiger partial charge is 0.0442 e. The molecule has 0 aromatic heterocycles. The second-order valence-electron chi connectivity index (χ2n) is 5.08. The highest BCUT2D eigenvalue weighted by atomic mass is 28.3. The summed E-state index contributed by atoms with van der Waals surface area (Å²) in [6.45, 7) is 9.69. The molecule has 0 bridgehead atoms. The Balaban J connectivity index is 3.01. The van der Waals surface area contributed by atoms with E-state index in [2.05, 4.69) is 26.6 Å². The van der Waals surface area contributed by atoms with Crippen LogP contribution in [0.25, 0.3) is 0 Å². The van der Waals surface area contributed by atoms with E-state index in [1.165, 1.54) is 44.6 Å². The molecule has 74 valence electrons. The molecule has 0 fully saturated rings. The third-order valence-corrected chi connectivity index (χ3v) is 4.13. The summed E-state index contributed by atoms with van der Waals surface area (Å²) in [4.78, 5) is 0. The Labute approximate surface area is 79.8 Å². The van der Waals surface area contributed by atoms with E-state index >= 15 is 0 Å². The molecule has 0 aliphatic heterocycles. The van der Waals surface area contributed by atoms with Crippen LogP contribution < -0.4 is 0 Å². The molecule has 12 heavy (non-hydrogen) atoms. The molecule has 0 aliphatic carbocycles. The molecule has 0 nitrogen and oxygen atoms in total. The van der Waals surface area contributed by atoms with Crippen molar-refractivity contribution in [1.82, 2.24) is 0 Å². The second kappa shape index (κ2) is 6.70. The van der Waals surface area contributed by atoms with Crippen molar-refractivity contribution >= 4 is 8.07 Å². The van der Waals surface area contributed by atoms with Crippen molar-refractivity contribution in [2.24, 2.45) is 0 Å². The molecule has 0 heterocycles. The number of hydrogen-bond acceptors (Lipinski definition) is 0. The lowest BCUT2D eigenvalue weighted by Gasteiger charge is -2.14.